The van der Waals surface area contributed by atoms with E-state index in [9.17, 15) is 21.6 Å². The molecule has 0 aliphatic rings. The molecule has 2 aromatic rings. The highest BCUT2D eigenvalue weighted by Gasteiger charge is 2.18. The smallest absolute Gasteiger partial charge is 0.262 e. The fourth-order valence-electron chi connectivity index (χ4n) is 1.52. The molecule has 0 saturated heterocycles. The lowest BCUT2D eigenvalue weighted by atomic mass is 10.2. The van der Waals surface area contributed by atoms with Crippen LogP contribution in [0.25, 0.3) is 0 Å². The van der Waals surface area contributed by atoms with Gasteiger partial charge in [-0.25, -0.2) is 21.6 Å². The molecule has 0 heterocycles. The third kappa shape index (κ3) is 3.14. The Morgan fingerprint density at radius 1 is 0.952 bits per heavy atom. The topological polar surface area (TPSA) is 70.0 Å². The molecule has 0 atom stereocenters. The number of hydrogen-bond acceptors (Lipinski definition) is 3. The van der Waals surface area contributed by atoms with Gasteiger partial charge in [-0.1, -0.05) is 0 Å². The number of nitrogens with one attached hydrogen (secondary N) is 1. The molecule has 0 saturated carbocycles. The van der Waals surface area contributed by atoms with Gasteiger partial charge < -0.3 is 0 Å². The van der Waals surface area contributed by atoms with E-state index >= 15 is 0 Å². The molecular formula is C13H7F3N2O2S. The number of rotatable bonds is 3. The predicted octanol–water partition coefficient (Wildman–Crippen LogP) is 2.78. The fraction of sp³-hybridized carbons (Fsp3) is 0. The monoisotopic (exact) mass is 312 g/mol. The first-order chi connectivity index (χ1) is 9.83. The zero-order valence-corrected chi connectivity index (χ0v) is 11.1. The summed E-state index contributed by atoms with van der Waals surface area (Å²) in [5.41, 5.74) is -0.387. The van der Waals surface area contributed by atoms with E-state index in [4.69, 9.17) is 5.26 Å². The summed E-state index contributed by atoms with van der Waals surface area (Å²) in [4.78, 5) is -0.551. The predicted molar refractivity (Wildman–Crippen MR) is 68.3 cm³/mol. The Balaban J connectivity index is 2.37. The maximum Gasteiger partial charge on any atom is 0.262 e. The van der Waals surface area contributed by atoms with E-state index in [1.165, 1.54) is 6.07 Å². The Labute approximate surface area is 118 Å². The summed E-state index contributed by atoms with van der Waals surface area (Å²) < 4.78 is 65.2. The average Bonchev–Trinajstić information content (AvgIpc) is 2.43. The van der Waals surface area contributed by atoms with Gasteiger partial charge in [0.25, 0.3) is 10.0 Å². The molecule has 1 N–H and O–H groups in total. The zero-order valence-electron chi connectivity index (χ0n) is 10.3. The molecule has 2 rings (SSSR count). The van der Waals surface area contributed by atoms with E-state index in [0.717, 1.165) is 18.2 Å². The van der Waals surface area contributed by atoms with E-state index in [2.05, 4.69) is 0 Å². The molecule has 0 fully saturated rings. The van der Waals surface area contributed by atoms with Crippen LogP contribution in [-0.4, -0.2) is 8.42 Å². The van der Waals surface area contributed by atoms with E-state index in [1.807, 2.05) is 4.72 Å². The van der Waals surface area contributed by atoms with Crippen molar-refractivity contribution in [3.8, 4) is 6.07 Å². The van der Waals surface area contributed by atoms with Crippen molar-refractivity contribution in [3.05, 3.63) is 59.4 Å². The standard InChI is InChI=1S/C13H7F3N2O2S/c14-10-3-2-9(6-11(10)15)21(19,20)18-13-4-1-8(7-17)5-12(13)16/h1-6,18H. The van der Waals surface area contributed by atoms with Gasteiger partial charge in [-0.3, -0.25) is 4.72 Å². The molecule has 2 aromatic carbocycles. The Morgan fingerprint density at radius 3 is 2.24 bits per heavy atom. The normalized spacial score (nSPS) is 11.0. The van der Waals surface area contributed by atoms with Gasteiger partial charge in [-0.15, -0.1) is 0 Å². The molecule has 108 valence electrons. The van der Waals surface area contributed by atoms with Gasteiger partial charge >= 0.3 is 0 Å². The minimum Gasteiger partial charge on any atom is -0.277 e. The van der Waals surface area contributed by atoms with Gasteiger partial charge in [0.1, 0.15) is 5.82 Å². The summed E-state index contributed by atoms with van der Waals surface area (Å²) in [6, 6.07) is 6.81. The third-order valence-corrected chi connectivity index (χ3v) is 3.91. The molecule has 0 bridgehead atoms. The van der Waals surface area contributed by atoms with Crippen LogP contribution in [0.15, 0.2) is 41.3 Å². The van der Waals surface area contributed by atoms with Gasteiger partial charge in [-0.2, -0.15) is 5.26 Å². The van der Waals surface area contributed by atoms with Crippen LogP contribution in [0.3, 0.4) is 0 Å². The molecule has 0 aliphatic heterocycles. The molecule has 0 aliphatic carbocycles. The Hall–Kier alpha value is -2.53. The van der Waals surface area contributed by atoms with Gasteiger partial charge in [0.15, 0.2) is 11.6 Å². The lowest BCUT2D eigenvalue weighted by molar-refractivity contribution is 0.504. The molecule has 4 nitrogen and oxygen atoms in total. The second-order valence-corrected chi connectivity index (χ2v) is 5.67. The zero-order chi connectivity index (χ0) is 15.6. The summed E-state index contributed by atoms with van der Waals surface area (Å²) in [6.45, 7) is 0. The Kier molecular flexibility index (Phi) is 3.86. The SMILES string of the molecule is N#Cc1ccc(NS(=O)(=O)c2ccc(F)c(F)c2)c(F)c1. The third-order valence-electron chi connectivity index (χ3n) is 2.54. The van der Waals surface area contributed by atoms with Crippen LogP contribution in [0.2, 0.25) is 0 Å². The molecule has 0 radical (unpaired) electrons. The summed E-state index contributed by atoms with van der Waals surface area (Å²) in [6.07, 6.45) is 0. The van der Waals surface area contributed by atoms with Gasteiger partial charge in [0.05, 0.1) is 22.2 Å². The number of nitriles is 1. The van der Waals surface area contributed by atoms with E-state index < -0.39 is 38.1 Å². The number of nitrogens with zero attached hydrogens (tertiary/aromatic N) is 1. The van der Waals surface area contributed by atoms with Gasteiger partial charge in [-0.05, 0) is 36.4 Å². The minimum absolute atomic E-state index is 0.0169. The molecule has 0 amide bonds. The molecule has 0 aromatic heterocycles. The number of hydrogen-bond donors (Lipinski definition) is 1. The Morgan fingerprint density at radius 2 is 1.67 bits per heavy atom. The summed E-state index contributed by atoms with van der Waals surface area (Å²) >= 11 is 0. The molecule has 0 spiro atoms. The van der Waals surface area contributed by atoms with Crippen LogP contribution < -0.4 is 4.72 Å². The van der Waals surface area contributed by atoms with Crippen LogP contribution in [0, 0.1) is 28.8 Å². The van der Waals surface area contributed by atoms with Crippen molar-refractivity contribution in [2.24, 2.45) is 0 Å². The van der Waals surface area contributed by atoms with E-state index in [0.29, 0.717) is 12.1 Å². The Bertz CT molecular complexity index is 845. The molecular weight excluding hydrogens is 305 g/mol. The van der Waals surface area contributed by atoms with Gasteiger partial charge in [0, 0.05) is 0 Å². The van der Waals surface area contributed by atoms with E-state index in [1.54, 1.807) is 6.07 Å². The van der Waals surface area contributed by atoms with Crippen LogP contribution in [0.5, 0.6) is 0 Å². The van der Waals surface area contributed by atoms with Crippen LogP contribution >= 0.6 is 0 Å². The lowest BCUT2D eigenvalue weighted by Gasteiger charge is -2.09. The van der Waals surface area contributed by atoms with Crippen molar-refractivity contribution in [3.63, 3.8) is 0 Å². The molecule has 21 heavy (non-hydrogen) atoms. The first kappa shape index (κ1) is 14.9. The highest BCUT2D eigenvalue weighted by molar-refractivity contribution is 7.92. The maximum absolute atomic E-state index is 13.6. The summed E-state index contributed by atoms with van der Waals surface area (Å²) in [5, 5.41) is 8.59. The highest BCUT2D eigenvalue weighted by Crippen LogP contribution is 2.21. The number of anilines is 1. The van der Waals surface area contributed by atoms with Crippen LogP contribution in [0.1, 0.15) is 5.56 Å². The highest BCUT2D eigenvalue weighted by atomic mass is 32.2. The lowest BCUT2D eigenvalue weighted by Crippen LogP contribution is -2.14. The first-order valence-electron chi connectivity index (χ1n) is 5.51. The van der Waals surface area contributed by atoms with E-state index in [-0.39, 0.29) is 5.56 Å². The van der Waals surface area contributed by atoms with Crippen molar-refractivity contribution in [1.29, 1.82) is 5.26 Å². The number of sulfonamides is 1. The molecule has 8 heteroatoms. The van der Waals surface area contributed by atoms with Gasteiger partial charge in [0.2, 0.25) is 0 Å². The van der Waals surface area contributed by atoms with Crippen molar-refractivity contribution < 1.29 is 21.6 Å². The van der Waals surface area contributed by atoms with Crippen molar-refractivity contribution in [2.75, 3.05) is 4.72 Å². The average molecular weight is 312 g/mol. The second kappa shape index (κ2) is 5.46. The first-order valence-corrected chi connectivity index (χ1v) is 6.99. The van der Waals surface area contributed by atoms with Crippen molar-refractivity contribution in [1.82, 2.24) is 0 Å². The fourth-order valence-corrected chi connectivity index (χ4v) is 2.59. The van der Waals surface area contributed by atoms with Crippen molar-refractivity contribution >= 4 is 15.7 Å². The second-order valence-electron chi connectivity index (χ2n) is 3.99. The van der Waals surface area contributed by atoms with Crippen LogP contribution in [-0.2, 0) is 10.0 Å². The largest absolute Gasteiger partial charge is 0.277 e. The maximum atomic E-state index is 13.6. The van der Waals surface area contributed by atoms with Crippen molar-refractivity contribution in [2.45, 2.75) is 4.90 Å². The summed E-state index contributed by atoms with van der Waals surface area (Å²) in [7, 11) is -4.27. The van der Waals surface area contributed by atoms with Crippen LogP contribution in [0.4, 0.5) is 18.9 Å². The number of benzene rings is 2. The number of halogens is 3. The quantitative estimate of drug-likeness (QED) is 0.947. The summed E-state index contributed by atoms with van der Waals surface area (Å²) in [5.74, 6) is -3.49. The minimum atomic E-state index is -4.27. The molecule has 0 unspecified atom stereocenters.